The van der Waals surface area contributed by atoms with Gasteiger partial charge in [0.15, 0.2) is 0 Å². The van der Waals surface area contributed by atoms with Crippen LogP contribution in [0.25, 0.3) is 10.8 Å². The first kappa shape index (κ1) is 14.5. The Morgan fingerprint density at radius 1 is 1.23 bits per heavy atom. The molecule has 3 atom stereocenters. The van der Waals surface area contributed by atoms with E-state index in [1.807, 2.05) is 36.0 Å². The Balaban J connectivity index is 1.77. The molecule has 114 valence electrons. The van der Waals surface area contributed by atoms with E-state index in [4.69, 9.17) is 0 Å². The molecule has 0 aromatic heterocycles. The van der Waals surface area contributed by atoms with Gasteiger partial charge in [-0.15, -0.1) is 24.4 Å². The highest BCUT2D eigenvalue weighted by molar-refractivity contribution is 8.00. The van der Waals surface area contributed by atoms with Crippen LogP contribution >= 0.6 is 24.4 Å². The van der Waals surface area contributed by atoms with Crippen LogP contribution in [0.15, 0.2) is 40.1 Å². The Morgan fingerprint density at radius 2 is 2.05 bits per heavy atom. The van der Waals surface area contributed by atoms with Gasteiger partial charge in [0.1, 0.15) is 0 Å². The molecule has 0 spiro atoms. The molecule has 0 amide bonds. The summed E-state index contributed by atoms with van der Waals surface area (Å²) < 4.78 is 0. The summed E-state index contributed by atoms with van der Waals surface area (Å²) in [5, 5.41) is 12.0. The first-order valence-electron chi connectivity index (χ1n) is 7.78. The van der Waals surface area contributed by atoms with E-state index in [1.54, 1.807) is 0 Å². The molecule has 2 aliphatic rings. The average molecular weight is 330 g/mol. The molecule has 2 saturated carbocycles. The highest BCUT2D eigenvalue weighted by atomic mass is 32.2. The van der Waals surface area contributed by atoms with Crippen LogP contribution in [0, 0.1) is 11.8 Å². The molecule has 0 aliphatic heterocycles. The van der Waals surface area contributed by atoms with E-state index in [9.17, 15) is 9.90 Å². The Hall–Kier alpha value is -1.13. The number of hydrogen-bond acceptors (Lipinski definition) is 3. The molecule has 2 nitrogen and oxygen atoms in total. The Labute approximate surface area is 139 Å². The van der Waals surface area contributed by atoms with Gasteiger partial charge in [0.2, 0.25) is 0 Å². The summed E-state index contributed by atoms with van der Waals surface area (Å²) in [6.07, 6.45) is 5.36. The topological polar surface area (TPSA) is 37.3 Å². The van der Waals surface area contributed by atoms with Crippen molar-refractivity contribution in [3.63, 3.8) is 0 Å². The first-order valence-corrected chi connectivity index (χ1v) is 9.11. The van der Waals surface area contributed by atoms with Crippen molar-refractivity contribution < 1.29 is 9.90 Å². The van der Waals surface area contributed by atoms with Gasteiger partial charge in [-0.3, -0.25) is 0 Å². The summed E-state index contributed by atoms with van der Waals surface area (Å²) >= 11 is 6.42. The molecule has 2 bridgehead atoms. The quantitative estimate of drug-likeness (QED) is 0.768. The lowest BCUT2D eigenvalue weighted by molar-refractivity contribution is 0.0695. The largest absolute Gasteiger partial charge is 0.478 e. The van der Waals surface area contributed by atoms with Gasteiger partial charge < -0.3 is 5.11 Å². The Morgan fingerprint density at radius 3 is 2.73 bits per heavy atom. The summed E-state index contributed by atoms with van der Waals surface area (Å²) in [4.78, 5) is 13.3. The maximum absolute atomic E-state index is 11.7. The first-order chi connectivity index (χ1) is 10.6. The van der Waals surface area contributed by atoms with Crippen molar-refractivity contribution in [2.75, 3.05) is 0 Å². The molecular weight excluding hydrogens is 312 g/mol. The number of aromatic carboxylic acids is 1. The van der Waals surface area contributed by atoms with Gasteiger partial charge in [-0.2, -0.15) is 0 Å². The predicted octanol–water partition coefficient (Wildman–Crippen LogP) is 5.11. The molecule has 2 aromatic rings. The third kappa shape index (κ3) is 2.33. The van der Waals surface area contributed by atoms with Crippen LogP contribution < -0.4 is 0 Å². The van der Waals surface area contributed by atoms with Gasteiger partial charge in [-0.1, -0.05) is 30.7 Å². The highest BCUT2D eigenvalue weighted by Crippen LogP contribution is 2.52. The normalized spacial score (nSPS) is 26.7. The van der Waals surface area contributed by atoms with Gasteiger partial charge in [0.05, 0.1) is 5.56 Å². The van der Waals surface area contributed by atoms with E-state index in [0.29, 0.717) is 15.7 Å². The van der Waals surface area contributed by atoms with Gasteiger partial charge in [-0.25, -0.2) is 4.79 Å². The molecule has 1 N–H and O–H groups in total. The van der Waals surface area contributed by atoms with Crippen molar-refractivity contribution in [2.24, 2.45) is 11.8 Å². The molecule has 0 radical (unpaired) electrons. The zero-order valence-corrected chi connectivity index (χ0v) is 13.9. The lowest BCUT2D eigenvalue weighted by Crippen LogP contribution is -2.12. The molecule has 0 heterocycles. The highest BCUT2D eigenvalue weighted by Gasteiger charge is 2.40. The number of carbonyl (C=O) groups is 1. The second kappa shape index (κ2) is 5.50. The van der Waals surface area contributed by atoms with Crippen molar-refractivity contribution >= 4 is 41.1 Å². The van der Waals surface area contributed by atoms with E-state index in [1.165, 1.54) is 25.7 Å². The summed E-state index contributed by atoms with van der Waals surface area (Å²) in [5.41, 5.74) is 0.340. The summed E-state index contributed by atoms with van der Waals surface area (Å²) in [5.74, 6) is 0.810. The van der Waals surface area contributed by atoms with Crippen molar-refractivity contribution in [3.8, 4) is 0 Å². The number of thioether (sulfide) groups is 1. The minimum absolute atomic E-state index is 0.340. The van der Waals surface area contributed by atoms with E-state index in [2.05, 4.69) is 18.7 Å². The van der Waals surface area contributed by atoms with E-state index < -0.39 is 5.97 Å². The fraction of sp³-hybridized carbons (Fsp3) is 0.389. The third-order valence-electron chi connectivity index (χ3n) is 5.15. The molecule has 2 fully saturated rings. The van der Waals surface area contributed by atoms with E-state index in [-0.39, 0.29) is 0 Å². The molecule has 2 aromatic carbocycles. The van der Waals surface area contributed by atoms with Gasteiger partial charge in [0, 0.05) is 15.0 Å². The summed E-state index contributed by atoms with van der Waals surface area (Å²) in [6, 6.07) is 9.80. The monoisotopic (exact) mass is 330 g/mol. The molecule has 0 saturated heterocycles. The predicted molar refractivity (Wildman–Crippen MR) is 93.3 cm³/mol. The van der Waals surface area contributed by atoms with Crippen LogP contribution in [-0.4, -0.2) is 16.3 Å². The van der Waals surface area contributed by atoms with Crippen LogP contribution in [-0.2, 0) is 0 Å². The van der Waals surface area contributed by atoms with Crippen molar-refractivity contribution in [1.29, 1.82) is 0 Å². The number of fused-ring (bicyclic) bond motifs is 3. The Bertz CT molecular complexity index is 756. The van der Waals surface area contributed by atoms with Crippen LogP contribution in [0.2, 0.25) is 0 Å². The number of carboxylic acids is 1. The Kier molecular flexibility index (Phi) is 3.61. The second-order valence-electron chi connectivity index (χ2n) is 6.46. The summed E-state index contributed by atoms with van der Waals surface area (Å²) in [6.45, 7) is 0. The van der Waals surface area contributed by atoms with Crippen LogP contribution in [0.5, 0.6) is 0 Å². The van der Waals surface area contributed by atoms with Gasteiger partial charge >= 0.3 is 5.97 Å². The fourth-order valence-electron chi connectivity index (χ4n) is 4.11. The lowest BCUT2D eigenvalue weighted by atomic mass is 10.0. The number of hydrogen-bond donors (Lipinski definition) is 2. The van der Waals surface area contributed by atoms with E-state index >= 15 is 0 Å². The lowest BCUT2D eigenvalue weighted by Gasteiger charge is -2.22. The molecule has 22 heavy (non-hydrogen) atoms. The zero-order chi connectivity index (χ0) is 15.3. The summed E-state index contributed by atoms with van der Waals surface area (Å²) in [7, 11) is 0. The second-order valence-corrected chi connectivity index (χ2v) is 8.18. The maximum Gasteiger partial charge on any atom is 0.337 e. The van der Waals surface area contributed by atoms with Crippen molar-refractivity contribution in [2.45, 2.75) is 40.7 Å². The SMILES string of the molecule is O=C(O)c1c(S)c(SC2CC3CCC2C3)cc2ccccc12. The third-order valence-corrected chi connectivity index (χ3v) is 7.22. The zero-order valence-electron chi connectivity index (χ0n) is 12.2. The smallest absolute Gasteiger partial charge is 0.337 e. The standard InChI is InChI=1S/C18H18O2S2/c19-18(20)16-13-4-2-1-3-11(13)9-15(17(16)21)22-14-8-10-5-6-12(14)7-10/h1-4,9-10,12,14,21H,5-8H2,(H,19,20). The molecular formula is C18H18O2S2. The number of carboxylic acid groups (broad SMARTS) is 1. The van der Waals surface area contributed by atoms with Gasteiger partial charge in [0.25, 0.3) is 0 Å². The van der Waals surface area contributed by atoms with Crippen molar-refractivity contribution in [3.05, 3.63) is 35.9 Å². The van der Waals surface area contributed by atoms with Crippen LogP contribution in [0.1, 0.15) is 36.0 Å². The number of benzene rings is 2. The molecule has 4 rings (SSSR count). The fourth-order valence-corrected chi connectivity index (χ4v) is 6.09. The molecule has 4 heteroatoms. The van der Waals surface area contributed by atoms with Crippen LogP contribution in [0.3, 0.4) is 0 Å². The molecule has 2 aliphatic carbocycles. The van der Waals surface area contributed by atoms with E-state index in [0.717, 1.165) is 27.5 Å². The van der Waals surface area contributed by atoms with Crippen molar-refractivity contribution in [1.82, 2.24) is 0 Å². The van der Waals surface area contributed by atoms with Crippen LogP contribution in [0.4, 0.5) is 0 Å². The van der Waals surface area contributed by atoms with Gasteiger partial charge in [-0.05, 0) is 47.9 Å². The minimum Gasteiger partial charge on any atom is -0.478 e. The average Bonchev–Trinajstić information content (AvgIpc) is 3.10. The number of thiol groups is 1. The number of rotatable bonds is 3. The molecule has 3 unspecified atom stereocenters. The minimum atomic E-state index is -0.892. The maximum atomic E-state index is 11.7.